The molecule has 0 unspecified atom stereocenters. The number of amides is 1. The van der Waals surface area contributed by atoms with Gasteiger partial charge in [0, 0.05) is 31.4 Å². The number of hydrogen-bond acceptors (Lipinski definition) is 8. The van der Waals surface area contributed by atoms with Gasteiger partial charge in [0.1, 0.15) is 11.6 Å². The van der Waals surface area contributed by atoms with Gasteiger partial charge in [-0.05, 0) is 54.6 Å². The van der Waals surface area contributed by atoms with Crippen LogP contribution in [0.3, 0.4) is 0 Å². The van der Waals surface area contributed by atoms with Crippen LogP contribution in [0.15, 0.2) is 24.4 Å². The molecule has 3 heterocycles. The molecule has 0 aliphatic carbocycles. The molecule has 1 fully saturated rings. The highest BCUT2D eigenvalue weighted by atomic mass is 32.1. The number of β-amino-alcohol motifs (C(OH)–C–C–N with tert-alkyl or cyclic N) is 1. The Hall–Kier alpha value is -2.33. The number of ether oxygens (including phenoxy) is 1. The number of carbonyl (C=O) groups is 2. The van der Waals surface area contributed by atoms with E-state index in [0.717, 1.165) is 16.7 Å². The number of piperidine rings is 1. The highest BCUT2D eigenvalue weighted by Gasteiger charge is 2.38. The van der Waals surface area contributed by atoms with Gasteiger partial charge in [0.05, 0.1) is 17.2 Å². The number of nitrogens with two attached hydrogens (primary N) is 1. The summed E-state index contributed by atoms with van der Waals surface area (Å²) in [6.07, 6.45) is 1.97. The van der Waals surface area contributed by atoms with Gasteiger partial charge in [0.25, 0.3) is 0 Å². The van der Waals surface area contributed by atoms with Crippen molar-refractivity contribution < 1.29 is 19.4 Å². The van der Waals surface area contributed by atoms with Crippen molar-refractivity contribution in [2.24, 2.45) is 5.73 Å². The predicted molar refractivity (Wildman–Crippen MR) is 109 cm³/mol. The van der Waals surface area contributed by atoms with Crippen molar-refractivity contribution in [2.75, 3.05) is 25.0 Å². The van der Waals surface area contributed by atoms with Crippen LogP contribution in [0.25, 0.3) is 0 Å². The lowest BCUT2D eigenvalue weighted by Gasteiger charge is -2.38. The highest BCUT2D eigenvalue weighted by molar-refractivity contribution is 7.10. The number of esters is 1. The number of likely N-dealkylation sites (tertiary alicyclic amines) is 1. The normalized spacial score (nSPS) is 19.5. The maximum Gasteiger partial charge on any atom is 0.338 e. The van der Waals surface area contributed by atoms with Crippen LogP contribution >= 0.6 is 11.5 Å². The van der Waals surface area contributed by atoms with E-state index < -0.39 is 11.6 Å². The fourth-order valence-electron chi connectivity index (χ4n) is 3.95. The summed E-state index contributed by atoms with van der Waals surface area (Å²) in [7, 11) is 0. The van der Waals surface area contributed by atoms with Crippen molar-refractivity contribution in [2.45, 2.75) is 38.0 Å². The summed E-state index contributed by atoms with van der Waals surface area (Å²) in [5.74, 6) is -0.503. The molecule has 29 heavy (non-hydrogen) atoms. The zero-order valence-electron chi connectivity index (χ0n) is 16.2. The van der Waals surface area contributed by atoms with Gasteiger partial charge >= 0.3 is 5.97 Å². The third-order valence-electron chi connectivity index (χ3n) is 5.87. The summed E-state index contributed by atoms with van der Waals surface area (Å²) in [4.78, 5) is 26.4. The molecule has 2 aliphatic heterocycles. The second-order valence-electron chi connectivity index (χ2n) is 7.69. The van der Waals surface area contributed by atoms with Gasteiger partial charge in [-0.2, -0.15) is 4.37 Å². The van der Waals surface area contributed by atoms with Crippen molar-refractivity contribution in [1.82, 2.24) is 9.27 Å². The highest BCUT2D eigenvalue weighted by Crippen LogP contribution is 2.30. The van der Waals surface area contributed by atoms with E-state index in [1.54, 1.807) is 24.4 Å². The topological polar surface area (TPSA) is 118 Å². The Bertz CT molecular complexity index is 923. The fourth-order valence-corrected chi connectivity index (χ4v) is 4.45. The Kier molecular flexibility index (Phi) is 5.39. The summed E-state index contributed by atoms with van der Waals surface area (Å²) >= 11 is 1.22. The molecule has 8 nitrogen and oxygen atoms in total. The number of carbonyl (C=O) groups excluding carboxylic acids is 2. The van der Waals surface area contributed by atoms with E-state index in [4.69, 9.17) is 10.5 Å². The molecule has 2 aliphatic rings. The third kappa shape index (κ3) is 3.91. The molecule has 0 spiro atoms. The Balaban J connectivity index is 1.36. The smallest absolute Gasteiger partial charge is 0.338 e. The molecule has 1 aromatic carbocycles. The van der Waals surface area contributed by atoms with Gasteiger partial charge in [0.2, 0.25) is 5.91 Å². The minimum atomic E-state index is -0.924. The molecule has 1 saturated heterocycles. The summed E-state index contributed by atoms with van der Waals surface area (Å²) in [5.41, 5.74) is 8.57. The number of nitrogens with zero attached hydrogens (tertiary/aromatic N) is 2. The van der Waals surface area contributed by atoms with Crippen LogP contribution in [0.5, 0.6) is 0 Å². The standard InChI is InChI=1S/C20H24N4O4S/c1-12-13(2-3-14-15(12)11-28-18(14)26)16(25)10-24-8-5-20(21,6-9-24)19(27)23-17-4-7-22-29-17/h2-4,7,16,25H,5-6,8-11,21H2,1H3,(H,23,27)/t16-/m0/s1. The molecule has 0 bridgehead atoms. The van der Waals surface area contributed by atoms with Crippen LogP contribution in [-0.4, -0.2) is 51.4 Å². The molecule has 154 valence electrons. The molecule has 2 aromatic rings. The van der Waals surface area contributed by atoms with Gasteiger partial charge in [-0.1, -0.05) is 6.07 Å². The lowest BCUT2D eigenvalue weighted by atomic mass is 9.87. The number of cyclic esters (lactones) is 1. The number of aliphatic hydroxyl groups is 1. The number of nitrogens with one attached hydrogen (secondary N) is 1. The summed E-state index contributed by atoms with van der Waals surface area (Å²) < 4.78 is 9.06. The summed E-state index contributed by atoms with van der Waals surface area (Å²) in [6.45, 7) is 3.85. The Labute approximate surface area is 172 Å². The molecule has 9 heteroatoms. The summed E-state index contributed by atoms with van der Waals surface area (Å²) in [5, 5.41) is 14.3. The molecule has 1 amide bonds. The quantitative estimate of drug-likeness (QED) is 0.634. The van der Waals surface area contributed by atoms with Crippen LogP contribution in [0.4, 0.5) is 5.00 Å². The van der Waals surface area contributed by atoms with Crippen LogP contribution in [0.2, 0.25) is 0 Å². The van der Waals surface area contributed by atoms with E-state index in [2.05, 4.69) is 14.6 Å². The monoisotopic (exact) mass is 416 g/mol. The van der Waals surface area contributed by atoms with Gasteiger partial charge in [-0.25, -0.2) is 4.79 Å². The first-order chi connectivity index (χ1) is 13.9. The number of fused-ring (bicyclic) bond motifs is 1. The Morgan fingerprint density at radius 3 is 2.86 bits per heavy atom. The van der Waals surface area contributed by atoms with Crippen LogP contribution in [0.1, 0.15) is 46.0 Å². The van der Waals surface area contributed by atoms with Crippen molar-refractivity contribution in [1.29, 1.82) is 0 Å². The first kappa shape index (κ1) is 20.0. The van der Waals surface area contributed by atoms with Crippen molar-refractivity contribution in [3.8, 4) is 0 Å². The first-order valence-corrected chi connectivity index (χ1v) is 10.4. The molecule has 1 aromatic heterocycles. The second-order valence-corrected chi connectivity index (χ2v) is 8.52. The molecular weight excluding hydrogens is 392 g/mol. The van der Waals surface area contributed by atoms with E-state index >= 15 is 0 Å². The lowest BCUT2D eigenvalue weighted by Crippen LogP contribution is -2.58. The number of anilines is 1. The van der Waals surface area contributed by atoms with E-state index in [1.807, 2.05) is 6.92 Å². The molecule has 0 radical (unpaired) electrons. The summed E-state index contributed by atoms with van der Waals surface area (Å²) in [6, 6.07) is 5.27. The number of benzene rings is 1. The minimum Gasteiger partial charge on any atom is -0.457 e. The first-order valence-electron chi connectivity index (χ1n) is 9.58. The van der Waals surface area contributed by atoms with Crippen molar-refractivity contribution in [3.63, 3.8) is 0 Å². The molecular formula is C20H24N4O4S. The predicted octanol–water partition coefficient (Wildman–Crippen LogP) is 1.59. The van der Waals surface area contributed by atoms with E-state index in [1.165, 1.54) is 11.5 Å². The zero-order chi connectivity index (χ0) is 20.6. The Morgan fingerprint density at radius 2 is 2.17 bits per heavy atom. The van der Waals surface area contributed by atoms with Crippen molar-refractivity contribution >= 4 is 28.4 Å². The van der Waals surface area contributed by atoms with Crippen LogP contribution < -0.4 is 11.1 Å². The van der Waals surface area contributed by atoms with Gasteiger partial charge in [0.15, 0.2) is 0 Å². The average Bonchev–Trinajstić information content (AvgIpc) is 3.34. The maximum absolute atomic E-state index is 12.6. The molecule has 0 saturated carbocycles. The maximum atomic E-state index is 12.6. The van der Waals surface area contributed by atoms with Gasteiger partial charge in [-0.15, -0.1) is 0 Å². The average molecular weight is 417 g/mol. The number of aromatic nitrogens is 1. The van der Waals surface area contributed by atoms with Gasteiger partial charge in [-0.3, -0.25) is 4.79 Å². The SMILES string of the molecule is Cc1c([C@@H](O)CN2CCC(N)(C(=O)Nc3ccns3)CC2)ccc2c1COC2=O. The fraction of sp³-hybridized carbons (Fsp3) is 0.450. The van der Waals surface area contributed by atoms with E-state index in [-0.39, 0.29) is 18.5 Å². The van der Waals surface area contributed by atoms with E-state index in [9.17, 15) is 14.7 Å². The molecule has 4 N–H and O–H groups in total. The number of rotatable bonds is 5. The Morgan fingerprint density at radius 1 is 1.41 bits per heavy atom. The number of hydrogen-bond donors (Lipinski definition) is 3. The molecule has 1 atom stereocenters. The molecule has 4 rings (SSSR count). The minimum absolute atomic E-state index is 0.193. The van der Waals surface area contributed by atoms with Crippen LogP contribution in [0, 0.1) is 6.92 Å². The largest absolute Gasteiger partial charge is 0.457 e. The van der Waals surface area contributed by atoms with Crippen LogP contribution in [-0.2, 0) is 16.1 Å². The second kappa shape index (κ2) is 7.83. The van der Waals surface area contributed by atoms with E-state index in [0.29, 0.717) is 43.0 Å². The lowest BCUT2D eigenvalue weighted by molar-refractivity contribution is -0.122. The zero-order valence-corrected chi connectivity index (χ0v) is 17.0. The number of aliphatic hydroxyl groups excluding tert-OH is 1. The van der Waals surface area contributed by atoms with Crippen molar-refractivity contribution in [3.05, 3.63) is 46.6 Å². The van der Waals surface area contributed by atoms with Gasteiger partial charge < -0.3 is 25.8 Å². The third-order valence-corrected chi connectivity index (χ3v) is 6.54.